The first-order valence-electron chi connectivity index (χ1n) is 8.17. The van der Waals surface area contributed by atoms with Crippen molar-refractivity contribution in [1.82, 2.24) is 19.9 Å². The van der Waals surface area contributed by atoms with Crippen LogP contribution in [0.3, 0.4) is 0 Å². The van der Waals surface area contributed by atoms with E-state index in [0.717, 1.165) is 56.4 Å². The van der Waals surface area contributed by atoms with E-state index in [2.05, 4.69) is 20.2 Å². The molecule has 2 N–H and O–H groups in total. The summed E-state index contributed by atoms with van der Waals surface area (Å²) in [5.41, 5.74) is 2.55. The standard InChI is InChI=1S/C16H22N6/c1-17-15-12-3-2-4-13(12)20-16(21-15)22-9-5-11(6-10-22)14-18-7-8-19-14/h7-8,11H,2-6,9-10H2,1H3,(H,18,19)(H,17,20,21). The number of rotatable bonds is 3. The predicted octanol–water partition coefficient (Wildman–Crippen LogP) is 2.11. The monoisotopic (exact) mass is 298 g/mol. The van der Waals surface area contributed by atoms with Gasteiger partial charge in [-0.2, -0.15) is 4.98 Å². The van der Waals surface area contributed by atoms with Crippen LogP contribution in [-0.2, 0) is 12.8 Å². The molecule has 22 heavy (non-hydrogen) atoms. The number of imidazole rings is 1. The second kappa shape index (κ2) is 5.59. The second-order valence-corrected chi connectivity index (χ2v) is 6.14. The van der Waals surface area contributed by atoms with Gasteiger partial charge in [-0.3, -0.25) is 0 Å². The first kappa shape index (κ1) is 13.5. The molecule has 116 valence electrons. The van der Waals surface area contributed by atoms with E-state index < -0.39 is 0 Å². The maximum Gasteiger partial charge on any atom is 0.227 e. The number of nitrogens with one attached hydrogen (secondary N) is 2. The smallest absolute Gasteiger partial charge is 0.227 e. The van der Waals surface area contributed by atoms with Crippen molar-refractivity contribution >= 4 is 11.8 Å². The molecule has 2 aliphatic rings. The van der Waals surface area contributed by atoms with Crippen LogP contribution in [0, 0.1) is 0 Å². The van der Waals surface area contributed by atoms with Gasteiger partial charge in [0, 0.05) is 44.0 Å². The Morgan fingerprint density at radius 3 is 2.82 bits per heavy atom. The zero-order valence-corrected chi connectivity index (χ0v) is 13.0. The summed E-state index contributed by atoms with van der Waals surface area (Å²) in [5.74, 6) is 3.56. The third-order valence-electron chi connectivity index (χ3n) is 4.84. The number of hydrogen-bond acceptors (Lipinski definition) is 5. The number of piperidine rings is 1. The lowest BCUT2D eigenvalue weighted by molar-refractivity contribution is 0.483. The number of aromatic amines is 1. The van der Waals surface area contributed by atoms with Crippen molar-refractivity contribution < 1.29 is 0 Å². The van der Waals surface area contributed by atoms with Crippen LogP contribution in [0.5, 0.6) is 0 Å². The molecule has 6 nitrogen and oxygen atoms in total. The Kier molecular flexibility index (Phi) is 3.44. The lowest BCUT2D eigenvalue weighted by Crippen LogP contribution is -2.34. The van der Waals surface area contributed by atoms with Gasteiger partial charge in [-0.15, -0.1) is 0 Å². The Bertz CT molecular complexity index is 643. The number of aryl methyl sites for hydroxylation is 1. The molecule has 0 unspecified atom stereocenters. The van der Waals surface area contributed by atoms with Crippen LogP contribution in [0.15, 0.2) is 12.4 Å². The lowest BCUT2D eigenvalue weighted by Gasteiger charge is -2.31. The second-order valence-electron chi connectivity index (χ2n) is 6.14. The molecule has 6 heteroatoms. The zero-order valence-electron chi connectivity index (χ0n) is 13.0. The Labute approximate surface area is 130 Å². The number of nitrogens with zero attached hydrogens (tertiary/aromatic N) is 4. The number of H-pyrrole nitrogens is 1. The van der Waals surface area contributed by atoms with Crippen molar-refractivity contribution in [1.29, 1.82) is 0 Å². The van der Waals surface area contributed by atoms with Crippen LogP contribution in [0.2, 0.25) is 0 Å². The zero-order chi connectivity index (χ0) is 14.9. The van der Waals surface area contributed by atoms with Crippen LogP contribution in [-0.4, -0.2) is 40.1 Å². The fraction of sp³-hybridized carbons (Fsp3) is 0.562. The van der Waals surface area contributed by atoms with Gasteiger partial charge < -0.3 is 15.2 Å². The molecule has 2 aromatic rings. The minimum atomic E-state index is 0.532. The molecule has 4 rings (SSSR count). The molecule has 1 fully saturated rings. The van der Waals surface area contributed by atoms with Crippen molar-refractivity contribution in [2.24, 2.45) is 0 Å². The van der Waals surface area contributed by atoms with Gasteiger partial charge in [0.2, 0.25) is 5.95 Å². The van der Waals surface area contributed by atoms with Gasteiger partial charge >= 0.3 is 0 Å². The van der Waals surface area contributed by atoms with Gasteiger partial charge in [0.1, 0.15) is 11.6 Å². The van der Waals surface area contributed by atoms with Crippen LogP contribution >= 0.6 is 0 Å². The van der Waals surface area contributed by atoms with Crippen LogP contribution in [0.1, 0.15) is 42.3 Å². The van der Waals surface area contributed by atoms with Crippen molar-refractivity contribution in [3.8, 4) is 0 Å². The predicted molar refractivity (Wildman–Crippen MR) is 86.4 cm³/mol. The van der Waals surface area contributed by atoms with Crippen LogP contribution < -0.4 is 10.2 Å². The molecule has 0 spiro atoms. The summed E-state index contributed by atoms with van der Waals surface area (Å²) in [6.45, 7) is 1.99. The maximum atomic E-state index is 4.82. The molecular weight excluding hydrogens is 276 g/mol. The fourth-order valence-corrected chi connectivity index (χ4v) is 3.62. The molecule has 1 aliphatic heterocycles. The maximum absolute atomic E-state index is 4.82. The van der Waals surface area contributed by atoms with Crippen molar-refractivity contribution in [3.63, 3.8) is 0 Å². The molecule has 0 aromatic carbocycles. The summed E-state index contributed by atoms with van der Waals surface area (Å²) in [6.07, 6.45) is 9.33. The van der Waals surface area contributed by atoms with Gasteiger partial charge in [0.15, 0.2) is 0 Å². The molecule has 0 radical (unpaired) electrons. The quantitative estimate of drug-likeness (QED) is 0.908. The van der Waals surface area contributed by atoms with E-state index in [1.54, 1.807) is 0 Å². The molecule has 2 aromatic heterocycles. The summed E-state index contributed by atoms with van der Waals surface area (Å²) in [7, 11) is 1.95. The Morgan fingerprint density at radius 1 is 1.23 bits per heavy atom. The van der Waals surface area contributed by atoms with Crippen LogP contribution in [0.25, 0.3) is 0 Å². The summed E-state index contributed by atoms with van der Waals surface area (Å²) in [6, 6.07) is 0. The van der Waals surface area contributed by atoms with E-state index in [1.807, 2.05) is 19.4 Å². The van der Waals surface area contributed by atoms with E-state index in [-0.39, 0.29) is 0 Å². The molecule has 3 heterocycles. The van der Waals surface area contributed by atoms with Gasteiger partial charge in [-0.1, -0.05) is 0 Å². The summed E-state index contributed by atoms with van der Waals surface area (Å²) >= 11 is 0. The third-order valence-corrected chi connectivity index (χ3v) is 4.84. The topological polar surface area (TPSA) is 69.7 Å². The molecule has 1 saturated heterocycles. The van der Waals surface area contributed by atoms with E-state index in [4.69, 9.17) is 9.97 Å². The Hall–Kier alpha value is -2.11. The lowest BCUT2D eigenvalue weighted by atomic mass is 9.96. The fourth-order valence-electron chi connectivity index (χ4n) is 3.62. The highest BCUT2D eigenvalue weighted by molar-refractivity contribution is 5.52. The first-order valence-corrected chi connectivity index (χ1v) is 8.17. The van der Waals surface area contributed by atoms with Crippen molar-refractivity contribution in [2.75, 3.05) is 30.4 Å². The number of hydrogen-bond donors (Lipinski definition) is 2. The minimum Gasteiger partial charge on any atom is -0.373 e. The average molecular weight is 298 g/mol. The molecule has 0 bridgehead atoms. The van der Waals surface area contributed by atoms with E-state index in [0.29, 0.717) is 5.92 Å². The third kappa shape index (κ3) is 2.32. The van der Waals surface area contributed by atoms with Crippen molar-refractivity contribution in [3.05, 3.63) is 29.5 Å². The first-order chi connectivity index (χ1) is 10.8. The van der Waals surface area contributed by atoms with E-state index in [1.165, 1.54) is 17.7 Å². The Morgan fingerprint density at radius 2 is 2.09 bits per heavy atom. The number of aromatic nitrogens is 4. The number of fused-ring (bicyclic) bond motifs is 1. The highest BCUT2D eigenvalue weighted by atomic mass is 15.3. The molecule has 1 aliphatic carbocycles. The van der Waals surface area contributed by atoms with E-state index in [9.17, 15) is 0 Å². The molecule has 0 amide bonds. The average Bonchev–Trinajstić information content (AvgIpc) is 3.25. The summed E-state index contributed by atoms with van der Waals surface area (Å²) < 4.78 is 0. The normalized spacial score (nSPS) is 18.5. The molecule has 0 atom stereocenters. The van der Waals surface area contributed by atoms with Gasteiger partial charge in [-0.25, -0.2) is 9.97 Å². The highest BCUT2D eigenvalue weighted by Gasteiger charge is 2.26. The number of anilines is 2. The van der Waals surface area contributed by atoms with Gasteiger partial charge in [-0.05, 0) is 32.1 Å². The largest absolute Gasteiger partial charge is 0.373 e. The molecular formula is C16H22N6. The van der Waals surface area contributed by atoms with E-state index >= 15 is 0 Å². The summed E-state index contributed by atoms with van der Waals surface area (Å²) in [5, 5.41) is 3.25. The minimum absolute atomic E-state index is 0.532. The molecule has 0 saturated carbocycles. The summed E-state index contributed by atoms with van der Waals surface area (Å²) in [4.78, 5) is 19.5. The van der Waals surface area contributed by atoms with Crippen molar-refractivity contribution in [2.45, 2.75) is 38.0 Å². The highest BCUT2D eigenvalue weighted by Crippen LogP contribution is 2.31. The van der Waals surface area contributed by atoms with Gasteiger partial charge in [0.25, 0.3) is 0 Å². The van der Waals surface area contributed by atoms with Crippen LogP contribution in [0.4, 0.5) is 11.8 Å². The SMILES string of the molecule is CNc1nc(N2CCC(c3ncc[nH]3)CC2)nc2c1CCC2. The Balaban J connectivity index is 1.52. The van der Waals surface area contributed by atoms with Gasteiger partial charge in [0.05, 0.1) is 5.69 Å².